The number of rotatable bonds is 6. The van der Waals surface area contributed by atoms with Crippen LogP contribution in [0.2, 0.25) is 0 Å². The van der Waals surface area contributed by atoms with Gasteiger partial charge >= 0.3 is 5.97 Å². The average molecular weight is 366 g/mol. The minimum absolute atomic E-state index is 0.110. The predicted molar refractivity (Wildman–Crippen MR) is 84.7 cm³/mol. The molecular formula is C16H16BrNO4. The van der Waals surface area contributed by atoms with Crippen molar-refractivity contribution < 1.29 is 19.1 Å². The number of carboxylic acids is 1. The first-order valence-electron chi connectivity index (χ1n) is 6.80. The van der Waals surface area contributed by atoms with E-state index in [9.17, 15) is 9.59 Å². The Labute approximate surface area is 136 Å². The number of hydrogen-bond donors (Lipinski definition) is 2. The highest BCUT2D eigenvalue weighted by molar-refractivity contribution is 9.10. The van der Waals surface area contributed by atoms with Crippen LogP contribution < -0.4 is 5.32 Å². The molecule has 0 aliphatic rings. The molecule has 5 nitrogen and oxygen atoms in total. The zero-order valence-electron chi connectivity index (χ0n) is 12.1. The standard InChI is InChI=1S/C16H16BrNO4/c1-10-13(16(20)21)8-12(22-10)9-18-15(19)7-6-11-4-2-3-5-14(11)17/h2-5,8H,6-7,9H2,1H3,(H,18,19)(H,20,21). The molecular weight excluding hydrogens is 350 g/mol. The first-order chi connectivity index (χ1) is 10.5. The van der Waals surface area contributed by atoms with Gasteiger partial charge in [-0.2, -0.15) is 0 Å². The number of hydrogen-bond acceptors (Lipinski definition) is 3. The first kappa shape index (κ1) is 16.3. The van der Waals surface area contributed by atoms with Gasteiger partial charge in [0.25, 0.3) is 0 Å². The summed E-state index contributed by atoms with van der Waals surface area (Å²) in [4.78, 5) is 22.8. The molecule has 0 fully saturated rings. The fourth-order valence-corrected chi connectivity index (χ4v) is 2.55. The van der Waals surface area contributed by atoms with Crippen LogP contribution in [0.5, 0.6) is 0 Å². The van der Waals surface area contributed by atoms with Crippen molar-refractivity contribution in [2.24, 2.45) is 0 Å². The van der Waals surface area contributed by atoms with E-state index in [2.05, 4.69) is 21.2 Å². The van der Waals surface area contributed by atoms with Crippen LogP contribution in [0.3, 0.4) is 0 Å². The summed E-state index contributed by atoms with van der Waals surface area (Å²) in [5.41, 5.74) is 1.19. The van der Waals surface area contributed by atoms with E-state index in [1.54, 1.807) is 6.92 Å². The summed E-state index contributed by atoms with van der Waals surface area (Å²) in [6.07, 6.45) is 0.985. The lowest BCUT2D eigenvalue weighted by molar-refractivity contribution is -0.121. The molecule has 0 radical (unpaired) electrons. The molecule has 0 saturated carbocycles. The van der Waals surface area contributed by atoms with Gasteiger partial charge in [-0.25, -0.2) is 4.79 Å². The van der Waals surface area contributed by atoms with E-state index in [0.29, 0.717) is 24.4 Å². The molecule has 1 aromatic carbocycles. The highest BCUT2D eigenvalue weighted by Gasteiger charge is 2.14. The zero-order valence-corrected chi connectivity index (χ0v) is 13.6. The van der Waals surface area contributed by atoms with Gasteiger partial charge in [-0.05, 0) is 31.0 Å². The maximum atomic E-state index is 11.8. The molecule has 2 rings (SSSR count). The smallest absolute Gasteiger partial charge is 0.339 e. The second kappa shape index (κ2) is 7.26. The van der Waals surface area contributed by atoms with E-state index < -0.39 is 5.97 Å². The fraction of sp³-hybridized carbons (Fsp3) is 0.250. The third kappa shape index (κ3) is 4.21. The second-order valence-electron chi connectivity index (χ2n) is 4.86. The molecule has 2 aromatic rings. The third-order valence-corrected chi connectivity index (χ3v) is 4.01. The Morgan fingerprint density at radius 3 is 2.68 bits per heavy atom. The van der Waals surface area contributed by atoms with Crippen molar-refractivity contribution >= 4 is 27.8 Å². The van der Waals surface area contributed by atoms with Crippen LogP contribution in [0.1, 0.15) is 33.9 Å². The van der Waals surface area contributed by atoms with Gasteiger partial charge < -0.3 is 14.8 Å². The number of nitrogens with one attached hydrogen (secondary N) is 1. The van der Waals surface area contributed by atoms with Crippen LogP contribution in [-0.2, 0) is 17.8 Å². The monoisotopic (exact) mass is 365 g/mol. The van der Waals surface area contributed by atoms with Gasteiger partial charge in [-0.1, -0.05) is 34.1 Å². The normalized spacial score (nSPS) is 10.5. The number of carboxylic acid groups (broad SMARTS) is 1. The number of carbonyl (C=O) groups excluding carboxylic acids is 1. The average Bonchev–Trinajstić information content (AvgIpc) is 2.85. The van der Waals surface area contributed by atoms with Gasteiger partial charge in [0.05, 0.1) is 6.54 Å². The van der Waals surface area contributed by atoms with Crippen LogP contribution in [0, 0.1) is 6.92 Å². The van der Waals surface area contributed by atoms with Crippen molar-refractivity contribution in [3.63, 3.8) is 0 Å². The summed E-state index contributed by atoms with van der Waals surface area (Å²) in [5, 5.41) is 11.7. The minimum atomic E-state index is -1.03. The van der Waals surface area contributed by atoms with E-state index >= 15 is 0 Å². The van der Waals surface area contributed by atoms with Gasteiger partial charge in [0.2, 0.25) is 5.91 Å². The van der Waals surface area contributed by atoms with Gasteiger partial charge in [0, 0.05) is 10.9 Å². The highest BCUT2D eigenvalue weighted by Crippen LogP contribution is 2.17. The topological polar surface area (TPSA) is 79.5 Å². The Morgan fingerprint density at radius 2 is 2.05 bits per heavy atom. The Morgan fingerprint density at radius 1 is 1.32 bits per heavy atom. The summed E-state index contributed by atoms with van der Waals surface area (Å²) in [6.45, 7) is 1.77. The Kier molecular flexibility index (Phi) is 5.38. The summed E-state index contributed by atoms with van der Waals surface area (Å²) in [7, 11) is 0. The fourth-order valence-electron chi connectivity index (χ4n) is 2.07. The number of carbonyl (C=O) groups is 2. The van der Waals surface area contributed by atoms with E-state index in [-0.39, 0.29) is 18.0 Å². The van der Waals surface area contributed by atoms with E-state index in [0.717, 1.165) is 10.0 Å². The van der Waals surface area contributed by atoms with Gasteiger partial charge in [0.1, 0.15) is 17.1 Å². The van der Waals surface area contributed by atoms with Gasteiger partial charge in [-0.15, -0.1) is 0 Å². The Balaban J connectivity index is 1.84. The lowest BCUT2D eigenvalue weighted by Gasteiger charge is -2.05. The van der Waals surface area contributed by atoms with Crippen LogP contribution in [-0.4, -0.2) is 17.0 Å². The number of aromatic carboxylic acids is 1. The quantitative estimate of drug-likeness (QED) is 0.822. The number of furan rings is 1. The first-order valence-corrected chi connectivity index (χ1v) is 7.59. The lowest BCUT2D eigenvalue weighted by Crippen LogP contribution is -2.22. The molecule has 0 spiro atoms. The molecule has 2 N–H and O–H groups in total. The number of halogens is 1. The minimum Gasteiger partial charge on any atom is -0.478 e. The molecule has 0 unspecified atom stereocenters. The van der Waals surface area contributed by atoms with Crippen LogP contribution in [0.4, 0.5) is 0 Å². The van der Waals surface area contributed by atoms with Crippen molar-refractivity contribution in [2.75, 3.05) is 0 Å². The van der Waals surface area contributed by atoms with Crippen molar-refractivity contribution in [2.45, 2.75) is 26.3 Å². The van der Waals surface area contributed by atoms with Crippen molar-refractivity contribution in [3.05, 3.63) is 57.5 Å². The molecule has 1 amide bonds. The second-order valence-corrected chi connectivity index (χ2v) is 5.71. The summed E-state index contributed by atoms with van der Waals surface area (Å²) in [5.74, 6) is -0.372. The van der Waals surface area contributed by atoms with E-state index in [4.69, 9.17) is 9.52 Å². The SMILES string of the molecule is Cc1oc(CNC(=O)CCc2ccccc2Br)cc1C(=O)O. The molecule has 1 aromatic heterocycles. The Hall–Kier alpha value is -2.08. The largest absolute Gasteiger partial charge is 0.478 e. The van der Waals surface area contributed by atoms with Crippen molar-refractivity contribution in [1.29, 1.82) is 0 Å². The molecule has 0 atom stereocenters. The molecule has 1 heterocycles. The molecule has 0 aliphatic carbocycles. The molecule has 116 valence electrons. The summed E-state index contributed by atoms with van der Waals surface area (Å²) in [6, 6.07) is 9.19. The van der Waals surface area contributed by atoms with Gasteiger partial charge in [0.15, 0.2) is 0 Å². The molecule has 6 heteroatoms. The van der Waals surface area contributed by atoms with Crippen molar-refractivity contribution in [1.82, 2.24) is 5.32 Å². The summed E-state index contributed by atoms with van der Waals surface area (Å²) >= 11 is 3.44. The number of benzene rings is 1. The van der Waals surface area contributed by atoms with E-state index in [1.165, 1.54) is 6.07 Å². The molecule has 0 bridgehead atoms. The lowest BCUT2D eigenvalue weighted by atomic mass is 10.1. The van der Waals surface area contributed by atoms with Crippen LogP contribution in [0.15, 0.2) is 39.2 Å². The molecule has 0 aliphatic heterocycles. The maximum absolute atomic E-state index is 11.8. The third-order valence-electron chi connectivity index (χ3n) is 3.24. The molecule has 22 heavy (non-hydrogen) atoms. The predicted octanol–water partition coefficient (Wildman–Crippen LogP) is 3.30. The van der Waals surface area contributed by atoms with Gasteiger partial charge in [-0.3, -0.25) is 4.79 Å². The zero-order chi connectivity index (χ0) is 16.1. The van der Waals surface area contributed by atoms with Crippen molar-refractivity contribution in [3.8, 4) is 0 Å². The molecule has 0 saturated heterocycles. The number of aryl methyl sites for hydroxylation is 2. The summed E-state index contributed by atoms with van der Waals surface area (Å²) < 4.78 is 6.29. The number of amides is 1. The Bertz CT molecular complexity index is 693. The van der Waals surface area contributed by atoms with Crippen LogP contribution in [0.25, 0.3) is 0 Å². The highest BCUT2D eigenvalue weighted by atomic mass is 79.9. The van der Waals surface area contributed by atoms with E-state index in [1.807, 2.05) is 24.3 Å². The van der Waals surface area contributed by atoms with Crippen LogP contribution >= 0.6 is 15.9 Å². The maximum Gasteiger partial charge on any atom is 0.339 e.